The van der Waals surface area contributed by atoms with Crippen LogP contribution in [-0.4, -0.2) is 36.1 Å². The van der Waals surface area contributed by atoms with Crippen LogP contribution in [0.1, 0.15) is 26.2 Å². The summed E-state index contributed by atoms with van der Waals surface area (Å²) >= 11 is 0. The van der Waals surface area contributed by atoms with E-state index in [1.165, 1.54) is 4.90 Å². The number of likely N-dealkylation sites (tertiary alicyclic amines) is 1. The van der Waals surface area contributed by atoms with Gasteiger partial charge in [0.25, 0.3) is 0 Å². The fourth-order valence-electron chi connectivity index (χ4n) is 1.73. The minimum absolute atomic E-state index is 0.122. The normalized spacial score (nSPS) is 26.9. The van der Waals surface area contributed by atoms with E-state index in [1.807, 2.05) is 6.92 Å². The van der Waals surface area contributed by atoms with Gasteiger partial charge in [0.05, 0.1) is 6.42 Å². The topological polar surface area (TPSA) is 46.3 Å². The minimum Gasteiger partial charge on any atom is -0.341 e. The molecule has 1 aliphatic rings. The molecule has 1 amide bonds. The number of hydrogen-bond donors (Lipinski definition) is 1. The summed E-state index contributed by atoms with van der Waals surface area (Å²) in [4.78, 5) is 12.9. The molecule has 1 saturated heterocycles. The van der Waals surface area contributed by atoms with Crippen LogP contribution in [-0.2, 0) is 4.79 Å². The van der Waals surface area contributed by atoms with Gasteiger partial charge in [-0.1, -0.05) is 6.92 Å². The first-order valence-electron chi connectivity index (χ1n) is 5.39. The number of amides is 1. The molecule has 0 bridgehead atoms. The molecule has 1 rings (SSSR count). The second-order valence-electron chi connectivity index (χ2n) is 4.38. The zero-order valence-corrected chi connectivity index (χ0v) is 9.26. The van der Waals surface area contributed by atoms with Crippen LogP contribution >= 0.6 is 0 Å². The predicted octanol–water partition coefficient (Wildman–Crippen LogP) is 1.52. The van der Waals surface area contributed by atoms with E-state index in [0.29, 0.717) is 19.0 Å². The second kappa shape index (κ2) is 5.03. The fraction of sp³-hybridized carbons (Fsp3) is 0.900. The summed E-state index contributed by atoms with van der Waals surface area (Å²) < 4.78 is 35.8. The summed E-state index contributed by atoms with van der Waals surface area (Å²) in [6.07, 6.45) is -5.02. The molecule has 1 fully saturated rings. The maximum absolute atomic E-state index is 11.9. The molecule has 94 valence electrons. The number of hydrogen-bond acceptors (Lipinski definition) is 2. The maximum atomic E-state index is 11.9. The number of rotatable bonds is 2. The van der Waals surface area contributed by atoms with Gasteiger partial charge in [-0.05, 0) is 12.3 Å². The first-order chi connectivity index (χ1) is 7.29. The van der Waals surface area contributed by atoms with Crippen molar-refractivity contribution in [2.45, 2.75) is 38.4 Å². The lowest BCUT2D eigenvalue weighted by molar-refractivity contribution is -0.150. The van der Waals surface area contributed by atoms with Gasteiger partial charge < -0.3 is 10.6 Å². The highest BCUT2D eigenvalue weighted by molar-refractivity contribution is 5.76. The molecule has 2 N–H and O–H groups in total. The number of carbonyl (C=O) groups is 1. The molecule has 16 heavy (non-hydrogen) atoms. The summed E-state index contributed by atoms with van der Waals surface area (Å²) in [5.41, 5.74) is 5.77. The summed E-state index contributed by atoms with van der Waals surface area (Å²) in [5.74, 6) is -0.119. The number of nitrogens with two attached hydrogens (primary N) is 1. The van der Waals surface area contributed by atoms with E-state index >= 15 is 0 Å². The van der Waals surface area contributed by atoms with Gasteiger partial charge in [-0.2, -0.15) is 13.2 Å². The molecule has 1 heterocycles. The first-order valence-corrected chi connectivity index (χ1v) is 5.39. The van der Waals surface area contributed by atoms with E-state index in [2.05, 4.69) is 0 Å². The Labute approximate surface area is 92.8 Å². The molecular weight excluding hydrogens is 221 g/mol. The monoisotopic (exact) mass is 238 g/mol. The van der Waals surface area contributed by atoms with Gasteiger partial charge >= 0.3 is 6.18 Å². The lowest BCUT2D eigenvalue weighted by Gasteiger charge is -2.35. The number of carbonyl (C=O) groups excluding carboxylic acids is 1. The molecule has 6 heteroatoms. The van der Waals surface area contributed by atoms with Crippen LogP contribution in [0.25, 0.3) is 0 Å². The molecule has 2 unspecified atom stereocenters. The average molecular weight is 238 g/mol. The highest BCUT2D eigenvalue weighted by Gasteiger charge is 2.31. The van der Waals surface area contributed by atoms with Gasteiger partial charge in [0.2, 0.25) is 5.91 Å². The summed E-state index contributed by atoms with van der Waals surface area (Å²) in [6, 6.07) is -0.122. The minimum atomic E-state index is -4.26. The van der Waals surface area contributed by atoms with Crippen LogP contribution in [0.4, 0.5) is 13.2 Å². The third kappa shape index (κ3) is 4.00. The molecule has 0 aromatic carbocycles. The SMILES string of the molecule is CC1CCN(C(=O)CCC(F)(F)F)CC1N. The highest BCUT2D eigenvalue weighted by Crippen LogP contribution is 2.23. The van der Waals surface area contributed by atoms with Crippen LogP contribution in [0.2, 0.25) is 0 Å². The summed E-state index contributed by atoms with van der Waals surface area (Å²) in [6.45, 7) is 2.88. The number of nitrogens with zero attached hydrogens (tertiary/aromatic N) is 1. The molecule has 3 nitrogen and oxygen atoms in total. The number of halogens is 3. The van der Waals surface area contributed by atoms with Crippen molar-refractivity contribution in [3.8, 4) is 0 Å². The lowest BCUT2D eigenvalue weighted by atomic mass is 9.94. The summed E-state index contributed by atoms with van der Waals surface area (Å²) in [5, 5.41) is 0. The Morgan fingerprint density at radius 3 is 2.62 bits per heavy atom. The molecule has 0 radical (unpaired) electrons. The van der Waals surface area contributed by atoms with Gasteiger partial charge in [0.1, 0.15) is 0 Å². The predicted molar refractivity (Wildman–Crippen MR) is 53.6 cm³/mol. The Morgan fingerprint density at radius 1 is 1.50 bits per heavy atom. The van der Waals surface area contributed by atoms with E-state index in [0.717, 1.165) is 6.42 Å². The third-order valence-corrected chi connectivity index (χ3v) is 2.99. The smallest absolute Gasteiger partial charge is 0.341 e. The first kappa shape index (κ1) is 13.3. The zero-order chi connectivity index (χ0) is 12.3. The molecule has 1 aliphatic heterocycles. The van der Waals surface area contributed by atoms with Crippen LogP contribution in [0, 0.1) is 5.92 Å². The Kier molecular flexibility index (Phi) is 4.18. The van der Waals surface area contributed by atoms with E-state index in [4.69, 9.17) is 5.73 Å². The van der Waals surface area contributed by atoms with E-state index < -0.39 is 24.9 Å². The molecule has 0 spiro atoms. The van der Waals surface area contributed by atoms with Crippen molar-refractivity contribution in [1.29, 1.82) is 0 Å². The van der Waals surface area contributed by atoms with Crippen molar-refractivity contribution in [3.05, 3.63) is 0 Å². The Balaban J connectivity index is 2.38. The van der Waals surface area contributed by atoms with Gasteiger partial charge in [0, 0.05) is 25.6 Å². The maximum Gasteiger partial charge on any atom is 0.389 e. The van der Waals surface area contributed by atoms with E-state index in [-0.39, 0.29) is 6.04 Å². The van der Waals surface area contributed by atoms with Gasteiger partial charge in [-0.3, -0.25) is 4.79 Å². The fourth-order valence-corrected chi connectivity index (χ4v) is 1.73. The standard InChI is InChI=1S/C10H17F3N2O/c1-7-3-5-15(6-8(7)14)9(16)2-4-10(11,12)13/h7-8H,2-6,14H2,1H3. The molecular formula is C10H17F3N2O. The molecule has 2 atom stereocenters. The van der Waals surface area contributed by atoms with Gasteiger partial charge in [0.15, 0.2) is 0 Å². The Bertz CT molecular complexity index is 255. The average Bonchev–Trinajstić information content (AvgIpc) is 2.17. The van der Waals surface area contributed by atoms with Crippen LogP contribution in [0.15, 0.2) is 0 Å². The summed E-state index contributed by atoms with van der Waals surface area (Å²) in [7, 11) is 0. The highest BCUT2D eigenvalue weighted by atomic mass is 19.4. The van der Waals surface area contributed by atoms with E-state index in [9.17, 15) is 18.0 Å². The Hall–Kier alpha value is -0.780. The van der Waals surface area contributed by atoms with Crippen LogP contribution in [0.5, 0.6) is 0 Å². The quantitative estimate of drug-likeness (QED) is 0.793. The molecule has 0 aromatic heterocycles. The molecule has 0 saturated carbocycles. The van der Waals surface area contributed by atoms with Gasteiger partial charge in [-0.25, -0.2) is 0 Å². The number of alkyl halides is 3. The zero-order valence-electron chi connectivity index (χ0n) is 9.26. The van der Waals surface area contributed by atoms with Crippen molar-refractivity contribution in [2.75, 3.05) is 13.1 Å². The number of piperidine rings is 1. The van der Waals surface area contributed by atoms with Crippen molar-refractivity contribution in [3.63, 3.8) is 0 Å². The van der Waals surface area contributed by atoms with Crippen molar-refractivity contribution < 1.29 is 18.0 Å². The van der Waals surface area contributed by atoms with E-state index in [1.54, 1.807) is 0 Å². The molecule has 0 aliphatic carbocycles. The third-order valence-electron chi connectivity index (χ3n) is 2.99. The molecule has 0 aromatic rings. The van der Waals surface area contributed by atoms with Gasteiger partial charge in [-0.15, -0.1) is 0 Å². The lowest BCUT2D eigenvalue weighted by Crippen LogP contribution is -2.49. The largest absolute Gasteiger partial charge is 0.389 e. The van der Waals surface area contributed by atoms with Crippen LogP contribution in [0.3, 0.4) is 0 Å². The second-order valence-corrected chi connectivity index (χ2v) is 4.38. The van der Waals surface area contributed by atoms with Crippen LogP contribution < -0.4 is 5.73 Å². The van der Waals surface area contributed by atoms with Crippen molar-refractivity contribution in [2.24, 2.45) is 11.7 Å². The Morgan fingerprint density at radius 2 is 2.12 bits per heavy atom. The van der Waals surface area contributed by atoms with Crippen molar-refractivity contribution in [1.82, 2.24) is 4.90 Å². The van der Waals surface area contributed by atoms with Crippen molar-refractivity contribution >= 4 is 5.91 Å².